The van der Waals surface area contributed by atoms with Gasteiger partial charge in [-0.05, 0) is 20.8 Å². The Morgan fingerprint density at radius 2 is 1.52 bits per heavy atom. The molecule has 138 valence electrons. The van der Waals surface area contributed by atoms with Gasteiger partial charge < -0.3 is 5.32 Å². The Bertz CT molecular complexity index is 689. The van der Waals surface area contributed by atoms with Crippen LogP contribution in [0.1, 0.15) is 34.6 Å². The highest BCUT2D eigenvalue weighted by atomic mass is 32.2. The fraction of sp³-hybridized carbons (Fsp3) is 0.765. The van der Waals surface area contributed by atoms with Gasteiger partial charge in [0.05, 0.1) is 15.1 Å². The number of nitrogens with one attached hydrogen (secondary N) is 1. The Hall–Kier alpha value is -0.470. The monoisotopic (exact) mass is 398 g/mol. The maximum absolute atomic E-state index is 12.1. The van der Waals surface area contributed by atoms with Crippen LogP contribution in [0.25, 0.3) is 0 Å². The molecule has 1 N–H and O–H groups in total. The summed E-state index contributed by atoms with van der Waals surface area (Å²) in [5.74, 6) is 2.94. The first-order chi connectivity index (χ1) is 11.6. The highest BCUT2D eigenvalue weighted by molar-refractivity contribution is 8.17. The molecule has 3 aliphatic rings. The average Bonchev–Trinajstić information content (AvgIpc) is 3.26. The fourth-order valence-electron chi connectivity index (χ4n) is 2.97. The van der Waals surface area contributed by atoms with Gasteiger partial charge in [-0.1, -0.05) is 13.8 Å². The van der Waals surface area contributed by atoms with Crippen molar-refractivity contribution < 1.29 is 4.79 Å². The Morgan fingerprint density at radius 1 is 0.960 bits per heavy atom. The van der Waals surface area contributed by atoms with Crippen molar-refractivity contribution in [2.24, 2.45) is 20.9 Å². The smallest absolute Gasteiger partial charge is 0.248 e. The molecule has 0 aromatic carbocycles. The second kappa shape index (κ2) is 6.60. The lowest BCUT2D eigenvalue weighted by Crippen LogP contribution is -2.42. The lowest BCUT2D eigenvalue weighted by molar-refractivity contribution is -0.124. The number of hydrogen-bond donors (Lipinski definition) is 1. The van der Waals surface area contributed by atoms with E-state index in [0.29, 0.717) is 11.7 Å². The molecule has 0 saturated heterocycles. The molecule has 3 atom stereocenters. The van der Waals surface area contributed by atoms with Crippen LogP contribution in [0, 0.1) is 5.92 Å². The minimum absolute atomic E-state index is 0.0289. The minimum atomic E-state index is -0.684. The number of thioether (sulfide) groups is 3. The zero-order valence-corrected chi connectivity index (χ0v) is 18.1. The van der Waals surface area contributed by atoms with E-state index in [2.05, 4.69) is 33.0 Å². The van der Waals surface area contributed by atoms with E-state index in [9.17, 15) is 4.79 Å². The molecular formula is C17H26N4OS3. The van der Waals surface area contributed by atoms with Gasteiger partial charge >= 0.3 is 0 Å². The number of aliphatic imine (C=N–C) groups is 3. The fourth-order valence-corrected chi connectivity index (χ4v) is 7.00. The number of likely N-dealkylation sites (N-methyl/N-ethyl adjacent to an activating group) is 1. The molecule has 0 aromatic rings. The van der Waals surface area contributed by atoms with E-state index < -0.39 is 5.54 Å². The van der Waals surface area contributed by atoms with Crippen molar-refractivity contribution in [3.63, 3.8) is 0 Å². The molecule has 0 radical (unpaired) electrons. The van der Waals surface area contributed by atoms with Crippen molar-refractivity contribution in [2.75, 3.05) is 24.3 Å². The molecule has 5 nitrogen and oxygen atoms in total. The Morgan fingerprint density at radius 3 is 2.12 bits per heavy atom. The quantitative estimate of drug-likeness (QED) is 0.790. The first kappa shape index (κ1) is 19.3. The second-order valence-electron chi connectivity index (χ2n) is 7.71. The van der Waals surface area contributed by atoms with Crippen LogP contribution in [-0.4, -0.2) is 62.0 Å². The zero-order chi connectivity index (χ0) is 18.5. The summed E-state index contributed by atoms with van der Waals surface area (Å²) in [7, 11) is 1.66. The molecule has 0 aromatic heterocycles. The molecule has 1 amide bonds. The number of amides is 1. The highest BCUT2D eigenvalue weighted by Gasteiger charge is 2.48. The molecule has 0 bridgehead atoms. The van der Waals surface area contributed by atoms with Gasteiger partial charge in [-0.25, -0.2) is 0 Å². The molecule has 0 aliphatic carbocycles. The minimum Gasteiger partial charge on any atom is -0.357 e. The van der Waals surface area contributed by atoms with Gasteiger partial charge in [0.15, 0.2) is 0 Å². The van der Waals surface area contributed by atoms with E-state index >= 15 is 0 Å². The number of carbonyl (C=O) groups excluding carboxylic acids is 1. The van der Waals surface area contributed by atoms with Crippen molar-refractivity contribution in [2.45, 2.75) is 51.2 Å². The van der Waals surface area contributed by atoms with Crippen LogP contribution in [0.15, 0.2) is 15.0 Å². The summed E-state index contributed by atoms with van der Waals surface area (Å²) < 4.78 is 0. The molecule has 0 spiro atoms. The SMILES string of the molecule is CNC(=O)[C@]1(C)CSC([C@]2(C)CSC([C@]3(C)CSC(C(C)C)=N3)=N2)=N1. The predicted octanol–water partition coefficient (Wildman–Crippen LogP) is 3.10. The normalized spacial score (nSPS) is 38.0. The Labute approximate surface area is 162 Å². The molecule has 3 heterocycles. The standard InChI is InChI=1S/C17H26N4OS3/c1-10(2)11-19-16(4,8-23-11)13-21-17(5,9-25-13)14-20-15(3,7-24-14)12(22)18-6/h10H,7-9H2,1-6H3,(H,18,22)/t15-,16-,17-/m0/s1. The van der Waals surface area contributed by atoms with Crippen molar-refractivity contribution in [1.29, 1.82) is 0 Å². The lowest BCUT2D eigenvalue weighted by atomic mass is 10.0. The van der Waals surface area contributed by atoms with Gasteiger partial charge in [0.1, 0.15) is 16.6 Å². The van der Waals surface area contributed by atoms with Crippen molar-refractivity contribution in [3.8, 4) is 0 Å². The summed E-state index contributed by atoms with van der Waals surface area (Å²) in [5, 5.41) is 6.03. The number of carbonyl (C=O) groups is 1. The van der Waals surface area contributed by atoms with Crippen molar-refractivity contribution in [1.82, 2.24) is 5.32 Å². The Balaban J connectivity index is 1.86. The van der Waals surface area contributed by atoms with Crippen LogP contribution in [0.4, 0.5) is 0 Å². The maximum atomic E-state index is 12.1. The van der Waals surface area contributed by atoms with Gasteiger partial charge in [-0.15, -0.1) is 35.3 Å². The summed E-state index contributed by atoms with van der Waals surface area (Å²) in [5.41, 5.74) is -1.25. The molecular weight excluding hydrogens is 372 g/mol. The summed E-state index contributed by atoms with van der Waals surface area (Å²) in [6.07, 6.45) is 0. The van der Waals surface area contributed by atoms with Gasteiger partial charge in [0, 0.05) is 30.2 Å². The second-order valence-corrected chi connectivity index (χ2v) is 10.6. The van der Waals surface area contributed by atoms with E-state index in [-0.39, 0.29) is 17.0 Å². The van der Waals surface area contributed by atoms with Gasteiger partial charge in [-0.3, -0.25) is 19.8 Å². The van der Waals surface area contributed by atoms with E-state index in [4.69, 9.17) is 15.0 Å². The average molecular weight is 399 g/mol. The third kappa shape index (κ3) is 3.41. The summed E-state index contributed by atoms with van der Waals surface area (Å²) in [6.45, 7) is 10.6. The van der Waals surface area contributed by atoms with E-state index in [1.165, 1.54) is 5.04 Å². The maximum Gasteiger partial charge on any atom is 0.248 e. The van der Waals surface area contributed by atoms with Crippen LogP contribution in [0.5, 0.6) is 0 Å². The first-order valence-electron chi connectivity index (χ1n) is 8.53. The molecule has 25 heavy (non-hydrogen) atoms. The molecule has 0 unspecified atom stereocenters. The van der Waals surface area contributed by atoms with E-state index in [1.807, 2.05) is 18.7 Å². The van der Waals surface area contributed by atoms with E-state index in [0.717, 1.165) is 21.6 Å². The van der Waals surface area contributed by atoms with Crippen LogP contribution < -0.4 is 5.32 Å². The van der Waals surface area contributed by atoms with Crippen LogP contribution >= 0.6 is 35.3 Å². The zero-order valence-electron chi connectivity index (χ0n) is 15.7. The highest BCUT2D eigenvalue weighted by Crippen LogP contribution is 2.44. The van der Waals surface area contributed by atoms with Gasteiger partial charge in [0.2, 0.25) is 5.91 Å². The largest absolute Gasteiger partial charge is 0.357 e. The molecule has 3 rings (SSSR count). The number of hydrogen-bond acceptors (Lipinski definition) is 7. The number of rotatable bonds is 4. The van der Waals surface area contributed by atoms with Crippen LogP contribution in [0.3, 0.4) is 0 Å². The molecule has 0 fully saturated rings. The summed E-state index contributed by atoms with van der Waals surface area (Å²) in [6, 6.07) is 0. The first-order valence-corrected chi connectivity index (χ1v) is 11.5. The van der Waals surface area contributed by atoms with Crippen LogP contribution in [0.2, 0.25) is 0 Å². The van der Waals surface area contributed by atoms with Gasteiger partial charge in [-0.2, -0.15) is 0 Å². The van der Waals surface area contributed by atoms with Crippen molar-refractivity contribution >= 4 is 56.3 Å². The number of nitrogens with zero attached hydrogens (tertiary/aromatic N) is 3. The topological polar surface area (TPSA) is 66.2 Å². The molecule has 8 heteroatoms. The third-order valence-electron chi connectivity index (χ3n) is 4.67. The Kier molecular flexibility index (Phi) is 5.10. The summed E-state index contributed by atoms with van der Waals surface area (Å²) >= 11 is 5.31. The lowest BCUT2D eigenvalue weighted by Gasteiger charge is -2.21. The molecule has 3 aliphatic heterocycles. The third-order valence-corrected chi connectivity index (χ3v) is 9.25. The summed E-state index contributed by atoms with van der Waals surface area (Å²) in [4.78, 5) is 27.0. The van der Waals surface area contributed by atoms with E-state index in [1.54, 1.807) is 30.6 Å². The molecule has 0 saturated carbocycles. The van der Waals surface area contributed by atoms with Crippen molar-refractivity contribution in [3.05, 3.63) is 0 Å². The van der Waals surface area contributed by atoms with Crippen LogP contribution in [-0.2, 0) is 4.79 Å². The predicted molar refractivity (Wildman–Crippen MR) is 114 cm³/mol. The van der Waals surface area contributed by atoms with Gasteiger partial charge in [0.25, 0.3) is 0 Å².